The van der Waals surface area contributed by atoms with Crippen LogP contribution in [0.3, 0.4) is 0 Å². The number of rotatable bonds is 6. The maximum atomic E-state index is 6.26. The molecule has 8 aromatic rings. The van der Waals surface area contributed by atoms with E-state index in [1.54, 1.807) is 0 Å². The minimum absolute atomic E-state index is 0.00340. The van der Waals surface area contributed by atoms with Crippen molar-refractivity contribution in [3.05, 3.63) is 205 Å². The molecule has 0 bridgehead atoms. The summed E-state index contributed by atoms with van der Waals surface area (Å²) in [4.78, 5) is 2.60. The van der Waals surface area contributed by atoms with Crippen molar-refractivity contribution >= 4 is 33.3 Å². The van der Waals surface area contributed by atoms with Crippen molar-refractivity contribution in [1.82, 2.24) is 0 Å². The van der Waals surface area contributed by atoms with Crippen molar-refractivity contribution in [1.29, 1.82) is 0 Å². The van der Waals surface area contributed by atoms with Crippen LogP contribution in [0.2, 0.25) is 0 Å². The number of allylic oxidation sites excluding steroid dienone is 2. The summed E-state index contributed by atoms with van der Waals surface area (Å²) in [5.74, 6) is 0.128. The fourth-order valence-electron chi connectivity index (χ4n) is 8.99. The Labute approximate surface area is 311 Å². The van der Waals surface area contributed by atoms with Crippen molar-refractivity contribution in [3.8, 4) is 33.4 Å². The second kappa shape index (κ2) is 12.4. The number of fused-ring (bicyclic) bond motifs is 6. The monoisotopic (exact) mass is 681 g/mol. The molecule has 1 aromatic heterocycles. The lowest BCUT2D eigenvalue weighted by Gasteiger charge is -2.39. The van der Waals surface area contributed by atoms with Gasteiger partial charge in [-0.15, -0.1) is 0 Å². The average Bonchev–Trinajstić information content (AvgIpc) is 3.70. The highest BCUT2D eigenvalue weighted by molar-refractivity contribution is 6.07. The standard InChI is InChI=1S/C51H39NO/c1-51(2)43-25-11-6-23-41(43)50-40(24-16-26-44(50)51)38-21-9-14-29-47(38)52(45-27-12-7-19-36(45)34-17-4-3-5-18-34)46-28-13-8-20-37(46)35-31-32-49-42(33-35)39-22-10-15-30-48(39)53-49/h3-33,36,45H,1-2H3. The molecule has 254 valence electrons. The van der Waals surface area contributed by atoms with E-state index in [-0.39, 0.29) is 17.4 Å². The number of para-hydroxylation sites is 3. The smallest absolute Gasteiger partial charge is 0.135 e. The highest BCUT2D eigenvalue weighted by atomic mass is 16.3. The molecule has 0 amide bonds. The van der Waals surface area contributed by atoms with Gasteiger partial charge in [-0.1, -0.05) is 172 Å². The summed E-state index contributed by atoms with van der Waals surface area (Å²) < 4.78 is 6.26. The minimum Gasteiger partial charge on any atom is -0.456 e. The Morgan fingerprint density at radius 2 is 1.11 bits per heavy atom. The van der Waals surface area contributed by atoms with Crippen LogP contribution < -0.4 is 4.90 Å². The highest BCUT2D eigenvalue weighted by Gasteiger charge is 2.38. The van der Waals surface area contributed by atoms with Crippen LogP contribution in [-0.2, 0) is 5.41 Å². The van der Waals surface area contributed by atoms with E-state index in [9.17, 15) is 0 Å². The third-order valence-electron chi connectivity index (χ3n) is 11.5. The average molecular weight is 682 g/mol. The fourth-order valence-corrected chi connectivity index (χ4v) is 8.99. The molecule has 10 rings (SSSR count). The summed E-state index contributed by atoms with van der Waals surface area (Å²) >= 11 is 0. The largest absolute Gasteiger partial charge is 0.456 e. The zero-order valence-electron chi connectivity index (χ0n) is 29.9. The Kier molecular flexibility index (Phi) is 7.33. The molecule has 1 heterocycles. The molecule has 2 aliphatic rings. The van der Waals surface area contributed by atoms with Gasteiger partial charge in [-0.2, -0.15) is 0 Å². The van der Waals surface area contributed by atoms with Gasteiger partial charge >= 0.3 is 0 Å². The van der Waals surface area contributed by atoms with Gasteiger partial charge in [0.1, 0.15) is 11.2 Å². The van der Waals surface area contributed by atoms with Gasteiger partial charge < -0.3 is 9.32 Å². The molecule has 2 unspecified atom stereocenters. The zero-order chi connectivity index (χ0) is 35.5. The van der Waals surface area contributed by atoms with Gasteiger partial charge in [-0.05, 0) is 69.3 Å². The van der Waals surface area contributed by atoms with Crippen molar-refractivity contribution in [2.75, 3.05) is 4.90 Å². The normalized spacial score (nSPS) is 16.9. The second-order valence-electron chi connectivity index (χ2n) is 14.8. The van der Waals surface area contributed by atoms with Crippen molar-refractivity contribution in [2.24, 2.45) is 0 Å². The Morgan fingerprint density at radius 1 is 0.491 bits per heavy atom. The maximum absolute atomic E-state index is 6.26. The molecular formula is C51H39NO. The summed E-state index contributed by atoms with van der Waals surface area (Å²) in [6.07, 6.45) is 9.16. The Balaban J connectivity index is 1.23. The van der Waals surface area contributed by atoms with Gasteiger partial charge in [-0.25, -0.2) is 0 Å². The van der Waals surface area contributed by atoms with Gasteiger partial charge in [0.2, 0.25) is 0 Å². The molecule has 2 atom stereocenters. The zero-order valence-corrected chi connectivity index (χ0v) is 29.9. The van der Waals surface area contributed by atoms with Crippen LogP contribution in [0, 0.1) is 0 Å². The third-order valence-corrected chi connectivity index (χ3v) is 11.5. The van der Waals surface area contributed by atoms with Gasteiger partial charge in [0.15, 0.2) is 0 Å². The molecule has 2 heteroatoms. The predicted molar refractivity (Wildman–Crippen MR) is 222 cm³/mol. The van der Waals surface area contributed by atoms with Crippen LogP contribution in [0.5, 0.6) is 0 Å². The molecule has 2 nitrogen and oxygen atoms in total. The van der Waals surface area contributed by atoms with E-state index in [1.165, 1.54) is 50.2 Å². The first kappa shape index (κ1) is 31.4. The van der Waals surface area contributed by atoms with Crippen LogP contribution >= 0.6 is 0 Å². The molecule has 53 heavy (non-hydrogen) atoms. The molecule has 7 aromatic carbocycles. The van der Waals surface area contributed by atoms with Crippen LogP contribution in [-0.4, -0.2) is 6.04 Å². The lowest BCUT2D eigenvalue weighted by molar-refractivity contribution is 0.660. The van der Waals surface area contributed by atoms with Crippen LogP contribution in [0.4, 0.5) is 11.4 Å². The number of hydrogen-bond acceptors (Lipinski definition) is 2. The summed E-state index contributed by atoms with van der Waals surface area (Å²) in [5.41, 5.74) is 15.6. The first-order chi connectivity index (χ1) is 26.1. The van der Waals surface area contributed by atoms with Crippen molar-refractivity contribution < 1.29 is 4.42 Å². The topological polar surface area (TPSA) is 16.4 Å². The number of benzene rings is 7. The first-order valence-electron chi connectivity index (χ1n) is 18.6. The molecule has 0 saturated heterocycles. The Bertz CT molecular complexity index is 2730. The lowest BCUT2D eigenvalue weighted by atomic mass is 9.81. The molecular weight excluding hydrogens is 643 g/mol. The molecule has 0 spiro atoms. The van der Waals surface area contributed by atoms with Crippen LogP contribution in [0.1, 0.15) is 36.5 Å². The molecule has 0 fully saturated rings. The number of hydrogen-bond donors (Lipinski definition) is 0. The van der Waals surface area contributed by atoms with Crippen molar-refractivity contribution in [2.45, 2.75) is 31.2 Å². The SMILES string of the molecule is CC1(C)c2ccccc2-c2c(-c3ccccc3N(c3ccccc3-c3ccc4oc5ccccc5c4c3)C3C=CC=CC3c3ccccc3)cccc21. The number of nitrogens with zero attached hydrogens (tertiary/aromatic N) is 1. The van der Waals surface area contributed by atoms with E-state index in [1.807, 2.05) is 12.1 Å². The molecule has 2 aliphatic carbocycles. The summed E-state index contributed by atoms with van der Waals surface area (Å²) in [6, 6.07) is 59.7. The maximum Gasteiger partial charge on any atom is 0.135 e. The van der Waals surface area contributed by atoms with Gasteiger partial charge in [0, 0.05) is 44.6 Å². The van der Waals surface area contributed by atoms with Gasteiger partial charge in [0.05, 0.1) is 6.04 Å². The van der Waals surface area contributed by atoms with E-state index in [4.69, 9.17) is 4.42 Å². The van der Waals surface area contributed by atoms with E-state index >= 15 is 0 Å². The lowest BCUT2D eigenvalue weighted by Crippen LogP contribution is -2.36. The predicted octanol–water partition coefficient (Wildman–Crippen LogP) is 13.6. The van der Waals surface area contributed by atoms with Gasteiger partial charge in [0.25, 0.3) is 0 Å². The number of furan rings is 1. The molecule has 0 radical (unpaired) electrons. The van der Waals surface area contributed by atoms with Crippen LogP contribution in [0.25, 0.3) is 55.3 Å². The third kappa shape index (κ3) is 5.01. The second-order valence-corrected chi connectivity index (χ2v) is 14.8. The minimum atomic E-state index is -0.0889. The number of anilines is 2. The Morgan fingerprint density at radius 3 is 1.96 bits per heavy atom. The molecule has 0 N–H and O–H groups in total. The highest BCUT2D eigenvalue weighted by Crippen LogP contribution is 2.54. The summed E-state index contributed by atoms with van der Waals surface area (Å²) in [7, 11) is 0. The fraction of sp³-hybridized carbons (Fsp3) is 0.0980. The van der Waals surface area contributed by atoms with Gasteiger partial charge in [-0.3, -0.25) is 0 Å². The van der Waals surface area contributed by atoms with E-state index in [0.29, 0.717) is 0 Å². The summed E-state index contributed by atoms with van der Waals surface area (Å²) in [5, 5.41) is 2.26. The van der Waals surface area contributed by atoms with E-state index < -0.39 is 0 Å². The molecule has 0 aliphatic heterocycles. The first-order valence-corrected chi connectivity index (χ1v) is 18.6. The molecule has 0 saturated carbocycles. The van der Waals surface area contributed by atoms with Crippen molar-refractivity contribution in [3.63, 3.8) is 0 Å². The van der Waals surface area contributed by atoms with Crippen LogP contribution in [0.15, 0.2) is 193 Å². The van der Waals surface area contributed by atoms with E-state index in [0.717, 1.165) is 33.2 Å². The summed E-state index contributed by atoms with van der Waals surface area (Å²) in [6.45, 7) is 4.72. The van der Waals surface area contributed by atoms with E-state index in [2.05, 4.69) is 195 Å². The Hall–Kier alpha value is -6.38. The quantitative estimate of drug-likeness (QED) is 0.174.